The fourth-order valence-corrected chi connectivity index (χ4v) is 7.33. The van der Waals surface area contributed by atoms with E-state index in [9.17, 15) is 4.57 Å². The Kier molecular flexibility index (Phi) is 12.0. The number of nitriles is 1. The zero-order valence-corrected chi connectivity index (χ0v) is 23.3. The molecule has 0 aromatic rings. The molecule has 2 rings (SSSR count). The van der Waals surface area contributed by atoms with Crippen LogP contribution < -0.4 is 0 Å². The number of nitrogens with zero attached hydrogens (tertiary/aromatic N) is 2. The SMILES string of the molecule is [2H]C[C@H]1O[C@H]([3H])C[C@@H]1OP(=O)(CCCOC)OC[C@H]1O[C@H]([3H])C[C@@H]1OP(OCCC#N)N(C(C)C)C(C)C. The third kappa shape index (κ3) is 10.2. The predicted molar refractivity (Wildman–Crippen MR) is 134 cm³/mol. The maximum Gasteiger partial charge on any atom is 0.331 e. The van der Waals surface area contributed by atoms with Gasteiger partial charge in [0.25, 0.3) is 8.53 Å². The summed E-state index contributed by atoms with van der Waals surface area (Å²) in [7, 11) is -3.68. The van der Waals surface area contributed by atoms with Crippen molar-refractivity contribution in [2.75, 3.05) is 46.3 Å². The highest BCUT2D eigenvalue weighted by molar-refractivity contribution is 7.53. The van der Waals surface area contributed by atoms with Gasteiger partial charge in [0.2, 0.25) is 0 Å². The molecule has 10 nitrogen and oxygen atoms in total. The Morgan fingerprint density at radius 3 is 2.60 bits per heavy atom. The molecule has 0 spiro atoms. The summed E-state index contributed by atoms with van der Waals surface area (Å²) >= 11 is 0. The van der Waals surface area contributed by atoms with Gasteiger partial charge in [-0.3, -0.25) is 4.57 Å². The van der Waals surface area contributed by atoms with E-state index in [4.69, 9.17) is 41.7 Å². The topological polar surface area (TPSA) is 109 Å². The maximum atomic E-state index is 13.8. The average Bonchev–Trinajstić information content (AvgIpc) is 3.37. The molecule has 0 radical (unpaired) electrons. The molecule has 204 valence electrons. The summed E-state index contributed by atoms with van der Waals surface area (Å²) in [5, 5.41) is 8.96. The molecule has 12 heteroatoms. The molecule has 2 fully saturated rings. The first-order valence-corrected chi connectivity index (χ1v) is 15.0. The molecular formula is C23H44N2O8P2. The Morgan fingerprint density at radius 1 is 1.23 bits per heavy atom. The van der Waals surface area contributed by atoms with Gasteiger partial charge in [-0.05, 0) is 41.0 Å². The Labute approximate surface area is 216 Å². The van der Waals surface area contributed by atoms with Crippen molar-refractivity contribution in [3.63, 3.8) is 0 Å². The minimum absolute atomic E-state index is 0.0890. The van der Waals surface area contributed by atoms with Crippen molar-refractivity contribution >= 4 is 16.1 Å². The van der Waals surface area contributed by atoms with E-state index in [1.54, 1.807) is 7.11 Å². The summed E-state index contributed by atoms with van der Waals surface area (Å²) in [6.07, 6.45) is -1.34. The highest BCUT2D eigenvalue weighted by atomic mass is 31.2. The van der Waals surface area contributed by atoms with E-state index in [1.165, 1.54) is 0 Å². The van der Waals surface area contributed by atoms with Crippen LogP contribution in [-0.4, -0.2) is 87.4 Å². The van der Waals surface area contributed by atoms with Gasteiger partial charge in [-0.2, -0.15) is 5.26 Å². The molecule has 2 unspecified atom stereocenters. The second kappa shape index (κ2) is 15.9. The molecule has 35 heavy (non-hydrogen) atoms. The number of rotatable bonds is 17. The summed E-state index contributed by atoms with van der Waals surface area (Å²) < 4.78 is 80.0. The smallest absolute Gasteiger partial charge is 0.331 e. The van der Waals surface area contributed by atoms with E-state index in [0.717, 1.165) is 0 Å². The van der Waals surface area contributed by atoms with E-state index >= 15 is 0 Å². The summed E-state index contributed by atoms with van der Waals surface area (Å²) in [6.45, 7) is 6.82. The summed E-state index contributed by atoms with van der Waals surface area (Å²) in [5.41, 5.74) is 0. The molecule has 2 aliphatic rings. The van der Waals surface area contributed by atoms with Crippen LogP contribution in [0.5, 0.6) is 0 Å². The first kappa shape index (κ1) is 26.4. The molecule has 0 aliphatic carbocycles. The van der Waals surface area contributed by atoms with Crippen molar-refractivity contribution in [3.8, 4) is 6.07 Å². The summed E-state index contributed by atoms with van der Waals surface area (Å²) in [6, 6.07) is 2.30. The van der Waals surface area contributed by atoms with Gasteiger partial charge in [-0.15, -0.1) is 0 Å². The lowest BCUT2D eigenvalue weighted by molar-refractivity contribution is 0.00307. The van der Waals surface area contributed by atoms with Crippen molar-refractivity contribution in [1.29, 1.82) is 5.26 Å². The lowest BCUT2D eigenvalue weighted by Crippen LogP contribution is -2.36. The quantitative estimate of drug-likeness (QED) is 0.186. The molecule has 0 saturated carbocycles. The Bertz CT molecular complexity index is 773. The molecule has 0 amide bonds. The van der Waals surface area contributed by atoms with Crippen LogP contribution in [0, 0.1) is 11.3 Å². The Morgan fingerprint density at radius 2 is 1.94 bits per heavy atom. The van der Waals surface area contributed by atoms with Gasteiger partial charge in [-0.1, -0.05) is 0 Å². The zero-order chi connectivity index (χ0) is 28.3. The fraction of sp³-hybridized carbons (Fsp3) is 0.957. The molecule has 2 aliphatic heterocycles. The van der Waals surface area contributed by atoms with Gasteiger partial charge < -0.3 is 32.3 Å². The second-order valence-electron chi connectivity index (χ2n) is 8.96. The van der Waals surface area contributed by atoms with Crippen LogP contribution in [0.15, 0.2) is 0 Å². The van der Waals surface area contributed by atoms with Gasteiger partial charge in [0.1, 0.15) is 6.10 Å². The van der Waals surface area contributed by atoms with E-state index in [-0.39, 0.29) is 57.6 Å². The third-order valence-corrected chi connectivity index (χ3v) is 9.58. The van der Waals surface area contributed by atoms with Crippen LogP contribution in [0.3, 0.4) is 0 Å². The largest absolute Gasteiger partial charge is 0.385 e. The Hall–Kier alpha value is -0.170. The first-order valence-electron chi connectivity index (χ1n) is 14.0. The molecular weight excluding hydrogens is 494 g/mol. The maximum absolute atomic E-state index is 13.8. The number of ether oxygens (including phenoxy) is 3. The molecule has 0 aromatic heterocycles. The van der Waals surface area contributed by atoms with Crippen molar-refractivity contribution < 1.29 is 41.0 Å². The average molecular weight is 544 g/mol. The third-order valence-electron chi connectivity index (χ3n) is 5.43. The van der Waals surface area contributed by atoms with Gasteiger partial charge in [0, 0.05) is 53.2 Å². The second-order valence-corrected chi connectivity index (χ2v) is 12.5. The molecule has 2 heterocycles. The fourth-order valence-electron chi connectivity index (χ4n) is 3.75. The van der Waals surface area contributed by atoms with Gasteiger partial charge in [0.05, 0.1) is 52.9 Å². The molecule has 0 aromatic carbocycles. The van der Waals surface area contributed by atoms with Gasteiger partial charge >= 0.3 is 7.60 Å². The molecule has 0 N–H and O–H groups in total. The van der Waals surface area contributed by atoms with Crippen molar-refractivity contribution in [2.24, 2.45) is 0 Å². The predicted octanol–water partition coefficient (Wildman–Crippen LogP) is 4.88. The highest BCUT2D eigenvalue weighted by Crippen LogP contribution is 2.53. The van der Waals surface area contributed by atoms with E-state index < -0.39 is 53.7 Å². The van der Waals surface area contributed by atoms with Crippen molar-refractivity contribution in [3.05, 3.63) is 0 Å². The molecule has 8 atom stereocenters. The monoisotopic (exact) mass is 543 g/mol. The van der Waals surface area contributed by atoms with Gasteiger partial charge in [0.15, 0.2) is 0 Å². The van der Waals surface area contributed by atoms with Crippen LogP contribution in [0.4, 0.5) is 0 Å². The van der Waals surface area contributed by atoms with Crippen molar-refractivity contribution in [1.82, 2.24) is 4.67 Å². The van der Waals surface area contributed by atoms with Crippen LogP contribution in [0.1, 0.15) is 64.4 Å². The van der Waals surface area contributed by atoms with Crippen LogP contribution in [-0.2, 0) is 36.9 Å². The summed E-state index contributed by atoms with van der Waals surface area (Å²) in [5.74, 6) is 0. The lowest BCUT2D eigenvalue weighted by Gasteiger charge is -2.37. The first-order chi connectivity index (χ1) is 18.0. The van der Waals surface area contributed by atoms with Crippen molar-refractivity contribution in [2.45, 2.75) is 96.8 Å². The standard InChI is InChI=1S/C23H44N2O8P2/c1-18(2)25(19(3)4)34(30-13-7-11-24)32-22-10-15-29-23(22)17-31-35(26,16-8-12-27-6)33-21-9-14-28-20(21)5/h18-23H,7-10,12-17H2,1-6H3/t20-,21+,22+,23-,34?,35?/m1/s1/i5D,14T,15T/t14-,15-,20-,21+,22+,23-,34?,35?. The van der Waals surface area contributed by atoms with Crippen LogP contribution in [0.2, 0.25) is 0 Å². The minimum atomic E-state index is -3.68. The van der Waals surface area contributed by atoms with E-state index in [2.05, 4.69) is 10.7 Å². The molecule has 2 saturated heterocycles. The van der Waals surface area contributed by atoms with Crippen LogP contribution in [0.25, 0.3) is 0 Å². The van der Waals surface area contributed by atoms with Gasteiger partial charge in [-0.25, -0.2) is 4.67 Å². The van der Waals surface area contributed by atoms with E-state index in [0.29, 0.717) is 13.0 Å². The Balaban J connectivity index is 2.13. The lowest BCUT2D eigenvalue weighted by atomic mass is 10.2. The van der Waals surface area contributed by atoms with Crippen LogP contribution >= 0.6 is 16.1 Å². The number of methoxy groups -OCH3 is 1. The zero-order valence-electron chi connectivity index (χ0n) is 24.5. The normalized spacial score (nSPS) is 32.9. The number of hydrogen-bond acceptors (Lipinski definition) is 10. The minimum Gasteiger partial charge on any atom is -0.385 e. The molecule has 0 bridgehead atoms. The number of hydrogen-bond donors (Lipinski definition) is 0. The summed E-state index contributed by atoms with van der Waals surface area (Å²) in [4.78, 5) is 0. The highest BCUT2D eigenvalue weighted by Gasteiger charge is 2.39. The van der Waals surface area contributed by atoms with E-state index in [1.807, 2.05) is 27.7 Å².